The highest BCUT2D eigenvalue weighted by molar-refractivity contribution is 6.29. The van der Waals surface area contributed by atoms with E-state index in [-0.39, 0.29) is 6.04 Å². The lowest BCUT2D eigenvalue weighted by molar-refractivity contribution is 0.274. The van der Waals surface area contributed by atoms with Gasteiger partial charge in [0.15, 0.2) is 0 Å². The minimum atomic E-state index is 0.190. The Hall–Kier alpha value is -1.81. The van der Waals surface area contributed by atoms with E-state index in [0.717, 1.165) is 23.6 Å². The quantitative estimate of drug-likeness (QED) is 0.854. The molecule has 19 heavy (non-hydrogen) atoms. The van der Waals surface area contributed by atoms with Crippen molar-refractivity contribution < 1.29 is 4.74 Å². The molecule has 5 heteroatoms. The largest absolute Gasteiger partial charge is 0.493 e. The number of rotatable bonds is 2. The molecule has 0 saturated heterocycles. The van der Waals surface area contributed by atoms with Crippen molar-refractivity contribution in [2.45, 2.75) is 19.4 Å². The molecule has 0 saturated carbocycles. The molecule has 1 aliphatic heterocycles. The SMILES string of the molecule is Cc1nc(Cl)cc(NC2CCOc3ccccc32)n1. The van der Waals surface area contributed by atoms with Crippen molar-refractivity contribution in [3.63, 3.8) is 0 Å². The molecule has 1 N–H and O–H groups in total. The molecule has 0 spiro atoms. The van der Waals surface area contributed by atoms with E-state index in [1.54, 1.807) is 6.07 Å². The molecule has 2 aromatic rings. The monoisotopic (exact) mass is 275 g/mol. The molecular formula is C14H14ClN3O. The molecule has 0 fully saturated rings. The first kappa shape index (κ1) is 12.2. The van der Waals surface area contributed by atoms with E-state index in [1.165, 1.54) is 0 Å². The zero-order valence-electron chi connectivity index (χ0n) is 10.6. The highest BCUT2D eigenvalue weighted by Gasteiger charge is 2.21. The van der Waals surface area contributed by atoms with Gasteiger partial charge in [-0.1, -0.05) is 29.8 Å². The summed E-state index contributed by atoms with van der Waals surface area (Å²) >= 11 is 5.95. The molecule has 0 bridgehead atoms. The van der Waals surface area contributed by atoms with E-state index in [1.807, 2.05) is 25.1 Å². The Bertz CT molecular complexity index is 583. The van der Waals surface area contributed by atoms with Crippen LogP contribution in [-0.2, 0) is 0 Å². The summed E-state index contributed by atoms with van der Waals surface area (Å²) in [6.45, 7) is 2.53. The average Bonchev–Trinajstić information content (AvgIpc) is 2.38. The molecule has 1 aromatic heterocycles. The summed E-state index contributed by atoms with van der Waals surface area (Å²) in [6, 6.07) is 9.98. The minimum absolute atomic E-state index is 0.190. The Kier molecular flexibility index (Phi) is 3.25. The number of para-hydroxylation sites is 1. The third-order valence-electron chi connectivity index (χ3n) is 3.09. The number of hydrogen-bond acceptors (Lipinski definition) is 4. The van der Waals surface area contributed by atoms with Gasteiger partial charge in [-0.3, -0.25) is 0 Å². The van der Waals surface area contributed by atoms with Gasteiger partial charge < -0.3 is 10.1 Å². The molecule has 4 nitrogen and oxygen atoms in total. The van der Waals surface area contributed by atoms with Crippen molar-refractivity contribution in [3.8, 4) is 5.75 Å². The summed E-state index contributed by atoms with van der Waals surface area (Å²) in [7, 11) is 0. The Morgan fingerprint density at radius 2 is 2.16 bits per heavy atom. The van der Waals surface area contributed by atoms with E-state index in [2.05, 4.69) is 21.4 Å². The van der Waals surface area contributed by atoms with Crippen LogP contribution in [0.1, 0.15) is 23.9 Å². The van der Waals surface area contributed by atoms with Crippen molar-refractivity contribution >= 4 is 17.4 Å². The van der Waals surface area contributed by atoms with Gasteiger partial charge in [-0.15, -0.1) is 0 Å². The van der Waals surface area contributed by atoms with Crippen LogP contribution in [0.3, 0.4) is 0 Å². The predicted molar refractivity (Wildman–Crippen MR) is 74.7 cm³/mol. The second-order valence-corrected chi connectivity index (χ2v) is 4.88. The molecule has 1 aromatic carbocycles. The average molecular weight is 276 g/mol. The topological polar surface area (TPSA) is 47.0 Å². The molecule has 1 atom stereocenters. The lowest BCUT2D eigenvalue weighted by Gasteiger charge is -2.27. The number of benzene rings is 1. The Balaban J connectivity index is 1.88. The van der Waals surface area contributed by atoms with Crippen LogP contribution < -0.4 is 10.1 Å². The number of nitrogens with zero attached hydrogens (tertiary/aromatic N) is 2. The fourth-order valence-corrected chi connectivity index (χ4v) is 2.50. The van der Waals surface area contributed by atoms with Crippen molar-refractivity contribution in [1.29, 1.82) is 0 Å². The van der Waals surface area contributed by atoms with E-state index in [9.17, 15) is 0 Å². The first-order valence-electron chi connectivity index (χ1n) is 6.22. The lowest BCUT2D eigenvalue weighted by atomic mass is 10.0. The van der Waals surface area contributed by atoms with Gasteiger partial charge >= 0.3 is 0 Å². The molecule has 0 aliphatic carbocycles. The highest BCUT2D eigenvalue weighted by atomic mass is 35.5. The summed E-state index contributed by atoms with van der Waals surface area (Å²) in [5, 5.41) is 3.86. The molecule has 3 rings (SSSR count). The van der Waals surface area contributed by atoms with Gasteiger partial charge in [0.2, 0.25) is 0 Å². The van der Waals surface area contributed by atoms with E-state index < -0.39 is 0 Å². The maximum Gasteiger partial charge on any atom is 0.134 e. The normalized spacial score (nSPS) is 17.5. The maximum atomic E-state index is 5.95. The summed E-state index contributed by atoms with van der Waals surface area (Å²) in [5.41, 5.74) is 1.15. The van der Waals surface area contributed by atoms with Gasteiger partial charge in [0.1, 0.15) is 22.5 Å². The number of ether oxygens (including phenoxy) is 1. The Morgan fingerprint density at radius 1 is 1.32 bits per heavy atom. The summed E-state index contributed by atoms with van der Waals surface area (Å²) in [5.74, 6) is 2.35. The van der Waals surface area contributed by atoms with Crippen LogP contribution in [-0.4, -0.2) is 16.6 Å². The number of hydrogen-bond donors (Lipinski definition) is 1. The standard InChI is InChI=1S/C14H14ClN3O/c1-9-16-13(15)8-14(17-9)18-11-6-7-19-12-5-3-2-4-10(11)12/h2-5,8,11H,6-7H2,1H3,(H,16,17,18). The second kappa shape index (κ2) is 5.05. The highest BCUT2D eigenvalue weighted by Crippen LogP contribution is 2.33. The van der Waals surface area contributed by atoms with Crippen molar-refractivity contribution in [3.05, 3.63) is 46.9 Å². The van der Waals surface area contributed by atoms with E-state index in [0.29, 0.717) is 17.6 Å². The van der Waals surface area contributed by atoms with E-state index in [4.69, 9.17) is 16.3 Å². The zero-order valence-corrected chi connectivity index (χ0v) is 11.3. The number of fused-ring (bicyclic) bond motifs is 1. The number of aryl methyl sites for hydroxylation is 1. The molecule has 1 unspecified atom stereocenters. The van der Waals surface area contributed by atoms with Gasteiger partial charge in [-0.05, 0) is 13.0 Å². The Morgan fingerprint density at radius 3 is 3.00 bits per heavy atom. The third kappa shape index (κ3) is 2.63. The van der Waals surface area contributed by atoms with Crippen LogP contribution in [0.2, 0.25) is 5.15 Å². The van der Waals surface area contributed by atoms with Crippen molar-refractivity contribution in [2.24, 2.45) is 0 Å². The third-order valence-corrected chi connectivity index (χ3v) is 3.28. The number of anilines is 1. The molecule has 2 heterocycles. The lowest BCUT2D eigenvalue weighted by Crippen LogP contribution is -2.20. The van der Waals surface area contributed by atoms with Crippen LogP contribution in [0.5, 0.6) is 5.75 Å². The Labute approximate surface area is 116 Å². The van der Waals surface area contributed by atoms with Crippen LogP contribution in [0.15, 0.2) is 30.3 Å². The predicted octanol–water partition coefficient (Wildman–Crippen LogP) is 3.37. The number of nitrogens with one attached hydrogen (secondary N) is 1. The van der Waals surface area contributed by atoms with Crippen LogP contribution in [0.4, 0.5) is 5.82 Å². The van der Waals surface area contributed by atoms with Gasteiger partial charge in [0.05, 0.1) is 12.6 Å². The van der Waals surface area contributed by atoms with Gasteiger partial charge in [0, 0.05) is 18.1 Å². The number of halogens is 1. The fourth-order valence-electron chi connectivity index (χ4n) is 2.28. The van der Waals surface area contributed by atoms with Crippen LogP contribution >= 0.6 is 11.6 Å². The van der Waals surface area contributed by atoms with Gasteiger partial charge in [-0.25, -0.2) is 9.97 Å². The van der Waals surface area contributed by atoms with Crippen LogP contribution in [0.25, 0.3) is 0 Å². The summed E-state index contributed by atoms with van der Waals surface area (Å²) in [4.78, 5) is 8.41. The summed E-state index contributed by atoms with van der Waals surface area (Å²) < 4.78 is 5.64. The second-order valence-electron chi connectivity index (χ2n) is 4.50. The molecule has 98 valence electrons. The maximum absolute atomic E-state index is 5.95. The van der Waals surface area contributed by atoms with Gasteiger partial charge in [-0.2, -0.15) is 0 Å². The first-order valence-corrected chi connectivity index (χ1v) is 6.59. The molecular weight excluding hydrogens is 262 g/mol. The zero-order chi connectivity index (χ0) is 13.2. The molecule has 0 amide bonds. The first-order chi connectivity index (χ1) is 9.22. The van der Waals surface area contributed by atoms with E-state index >= 15 is 0 Å². The fraction of sp³-hybridized carbons (Fsp3) is 0.286. The van der Waals surface area contributed by atoms with Crippen molar-refractivity contribution in [2.75, 3.05) is 11.9 Å². The smallest absolute Gasteiger partial charge is 0.134 e. The molecule has 1 aliphatic rings. The van der Waals surface area contributed by atoms with Gasteiger partial charge in [0.25, 0.3) is 0 Å². The molecule has 0 radical (unpaired) electrons. The van der Waals surface area contributed by atoms with Crippen LogP contribution in [0, 0.1) is 6.92 Å². The summed E-state index contributed by atoms with van der Waals surface area (Å²) in [6.07, 6.45) is 0.900. The van der Waals surface area contributed by atoms with Crippen molar-refractivity contribution in [1.82, 2.24) is 9.97 Å². The minimum Gasteiger partial charge on any atom is -0.493 e. The number of aromatic nitrogens is 2.